The molecule has 4 nitrogen and oxygen atoms in total. The monoisotopic (exact) mass is 252 g/mol. The summed E-state index contributed by atoms with van der Waals surface area (Å²) in [4.78, 5) is 23.5. The molecule has 18 heavy (non-hydrogen) atoms. The Bertz CT molecular complexity index is 428. The van der Waals surface area contributed by atoms with Gasteiger partial charge in [0.1, 0.15) is 6.61 Å². The lowest BCUT2D eigenvalue weighted by molar-refractivity contribution is -0.149. The molecule has 2 aliphatic rings. The van der Waals surface area contributed by atoms with Crippen LogP contribution >= 0.6 is 0 Å². The molecule has 4 atom stereocenters. The predicted molar refractivity (Wildman–Crippen MR) is 65.6 cm³/mol. The summed E-state index contributed by atoms with van der Waals surface area (Å²) < 4.78 is 9.96. The molecule has 1 aliphatic heterocycles. The van der Waals surface area contributed by atoms with Gasteiger partial charge in [-0.1, -0.05) is 26.0 Å². The second-order valence-corrected chi connectivity index (χ2v) is 5.81. The maximum atomic E-state index is 12.1. The van der Waals surface area contributed by atoms with E-state index in [4.69, 9.17) is 9.47 Å². The summed E-state index contributed by atoms with van der Waals surface area (Å²) in [6.45, 7) is 10.4. The number of hydrogen-bond acceptors (Lipinski definition) is 4. The molecular weight excluding hydrogens is 232 g/mol. The zero-order valence-electron chi connectivity index (χ0n) is 11.4. The molecule has 1 saturated carbocycles. The summed E-state index contributed by atoms with van der Waals surface area (Å²) in [7, 11) is 1.38. The van der Waals surface area contributed by atoms with Gasteiger partial charge in [-0.05, 0) is 18.8 Å². The Morgan fingerprint density at radius 1 is 1.56 bits per heavy atom. The molecule has 4 heteroatoms. The Morgan fingerprint density at radius 2 is 2.17 bits per heavy atom. The van der Waals surface area contributed by atoms with Crippen LogP contribution in [0.2, 0.25) is 0 Å². The molecule has 0 spiro atoms. The van der Waals surface area contributed by atoms with E-state index in [1.807, 2.05) is 20.8 Å². The van der Waals surface area contributed by atoms with Crippen molar-refractivity contribution in [2.24, 2.45) is 22.7 Å². The van der Waals surface area contributed by atoms with Crippen molar-refractivity contribution < 1.29 is 19.1 Å². The van der Waals surface area contributed by atoms with Gasteiger partial charge in [0.05, 0.1) is 18.9 Å². The summed E-state index contributed by atoms with van der Waals surface area (Å²) in [6.07, 6.45) is 0.287. The Balaban J connectivity index is 2.37. The maximum absolute atomic E-state index is 12.1. The fourth-order valence-electron chi connectivity index (χ4n) is 3.53. The van der Waals surface area contributed by atoms with Crippen molar-refractivity contribution in [2.75, 3.05) is 13.7 Å². The van der Waals surface area contributed by atoms with Gasteiger partial charge in [0.15, 0.2) is 0 Å². The smallest absolute Gasteiger partial charge is 0.313 e. The van der Waals surface area contributed by atoms with Crippen LogP contribution in [0, 0.1) is 22.7 Å². The molecule has 1 saturated heterocycles. The fourth-order valence-corrected chi connectivity index (χ4v) is 3.53. The lowest BCUT2D eigenvalue weighted by Crippen LogP contribution is -2.38. The van der Waals surface area contributed by atoms with Crippen molar-refractivity contribution in [3.63, 3.8) is 0 Å². The van der Waals surface area contributed by atoms with Gasteiger partial charge in [0.25, 0.3) is 0 Å². The number of methoxy groups -OCH3 is 1. The van der Waals surface area contributed by atoms with Gasteiger partial charge in [0, 0.05) is 5.41 Å². The number of hydrogen-bond donors (Lipinski definition) is 0. The summed E-state index contributed by atoms with van der Waals surface area (Å²) in [5.41, 5.74) is -0.0148. The van der Waals surface area contributed by atoms with Crippen LogP contribution in [0.3, 0.4) is 0 Å². The molecule has 0 aromatic rings. The van der Waals surface area contributed by atoms with Crippen LogP contribution in [0.15, 0.2) is 12.2 Å². The van der Waals surface area contributed by atoms with Crippen LogP contribution in [0.25, 0.3) is 0 Å². The highest BCUT2D eigenvalue weighted by atomic mass is 16.5. The van der Waals surface area contributed by atoms with Crippen LogP contribution in [0.4, 0.5) is 0 Å². The minimum atomic E-state index is -0.581. The molecule has 0 unspecified atom stereocenters. The van der Waals surface area contributed by atoms with E-state index in [0.29, 0.717) is 6.61 Å². The molecule has 0 aromatic carbocycles. The van der Waals surface area contributed by atoms with Gasteiger partial charge in [-0.15, -0.1) is 0 Å². The largest absolute Gasteiger partial charge is 0.469 e. The second kappa shape index (κ2) is 3.84. The van der Waals surface area contributed by atoms with E-state index in [1.54, 1.807) is 0 Å². The molecule has 2 rings (SSSR count). The van der Waals surface area contributed by atoms with E-state index < -0.39 is 5.41 Å². The van der Waals surface area contributed by atoms with E-state index >= 15 is 0 Å². The summed E-state index contributed by atoms with van der Waals surface area (Å²) in [5, 5.41) is 0. The molecule has 0 radical (unpaired) electrons. The molecular formula is C14H20O4. The number of esters is 2. The third kappa shape index (κ3) is 1.32. The predicted octanol–water partition coefficient (Wildman–Crippen LogP) is 1.94. The summed E-state index contributed by atoms with van der Waals surface area (Å²) in [5.74, 6) is -0.413. The van der Waals surface area contributed by atoms with Crippen LogP contribution < -0.4 is 0 Å². The third-order valence-corrected chi connectivity index (χ3v) is 5.35. The Morgan fingerprint density at radius 3 is 2.67 bits per heavy atom. The standard InChI is InChI=1S/C14H20O4/c1-8-10(6-11(15)17-5)9(2)14(4)12(16)18-7-13(8,14)3/h9-10H,1,6-7H2,2-5H3/t9-,10+,13+,14+/m1/s1. The minimum Gasteiger partial charge on any atom is -0.469 e. The highest BCUT2D eigenvalue weighted by Crippen LogP contribution is 2.65. The number of fused-ring (bicyclic) bond motifs is 1. The summed E-state index contributed by atoms with van der Waals surface area (Å²) >= 11 is 0. The number of ether oxygens (including phenoxy) is 2. The highest BCUT2D eigenvalue weighted by molar-refractivity contribution is 5.83. The first-order valence-electron chi connectivity index (χ1n) is 6.22. The maximum Gasteiger partial charge on any atom is 0.313 e. The highest BCUT2D eigenvalue weighted by Gasteiger charge is 2.68. The van der Waals surface area contributed by atoms with E-state index in [1.165, 1.54) is 7.11 Å². The Kier molecular flexibility index (Phi) is 2.80. The lowest BCUT2D eigenvalue weighted by atomic mass is 9.66. The van der Waals surface area contributed by atoms with Crippen molar-refractivity contribution in [2.45, 2.75) is 27.2 Å². The van der Waals surface area contributed by atoms with Crippen molar-refractivity contribution in [3.05, 3.63) is 12.2 Å². The van der Waals surface area contributed by atoms with Crippen molar-refractivity contribution >= 4 is 11.9 Å². The number of rotatable bonds is 2. The van der Waals surface area contributed by atoms with Gasteiger partial charge in [-0.3, -0.25) is 9.59 Å². The number of cyclic esters (lactones) is 1. The third-order valence-electron chi connectivity index (χ3n) is 5.35. The van der Waals surface area contributed by atoms with E-state index in [0.717, 1.165) is 5.57 Å². The Labute approximate surface area is 107 Å². The van der Waals surface area contributed by atoms with E-state index in [2.05, 4.69) is 6.58 Å². The van der Waals surface area contributed by atoms with Crippen LogP contribution in [-0.2, 0) is 19.1 Å². The van der Waals surface area contributed by atoms with E-state index in [9.17, 15) is 9.59 Å². The SMILES string of the molecule is C=C1[C@H](CC(=O)OC)[C@@H](C)[C@@]2(C)C(=O)OC[C@@]12C. The zero-order valence-corrected chi connectivity index (χ0v) is 11.4. The van der Waals surface area contributed by atoms with Crippen LogP contribution in [0.1, 0.15) is 27.2 Å². The molecule has 0 aromatic heterocycles. The van der Waals surface area contributed by atoms with Crippen molar-refractivity contribution in [3.8, 4) is 0 Å². The van der Waals surface area contributed by atoms with Crippen LogP contribution in [0.5, 0.6) is 0 Å². The van der Waals surface area contributed by atoms with Crippen LogP contribution in [-0.4, -0.2) is 25.7 Å². The molecule has 0 N–H and O–H groups in total. The first-order chi connectivity index (χ1) is 8.29. The fraction of sp³-hybridized carbons (Fsp3) is 0.714. The number of carbonyl (C=O) groups is 2. The van der Waals surface area contributed by atoms with Crippen molar-refractivity contribution in [1.82, 2.24) is 0 Å². The first kappa shape index (κ1) is 13.1. The van der Waals surface area contributed by atoms with Gasteiger partial charge < -0.3 is 9.47 Å². The molecule has 0 amide bonds. The number of carbonyl (C=O) groups excluding carboxylic acids is 2. The molecule has 0 bridgehead atoms. The molecule has 1 aliphatic carbocycles. The van der Waals surface area contributed by atoms with E-state index in [-0.39, 0.29) is 35.6 Å². The zero-order chi connectivity index (χ0) is 13.7. The van der Waals surface area contributed by atoms with Gasteiger partial charge in [-0.2, -0.15) is 0 Å². The summed E-state index contributed by atoms with van der Waals surface area (Å²) in [6, 6.07) is 0. The first-order valence-corrected chi connectivity index (χ1v) is 6.22. The molecule has 1 heterocycles. The topological polar surface area (TPSA) is 52.6 Å². The molecule has 100 valence electrons. The van der Waals surface area contributed by atoms with Gasteiger partial charge in [0.2, 0.25) is 0 Å². The van der Waals surface area contributed by atoms with Gasteiger partial charge in [-0.25, -0.2) is 0 Å². The average molecular weight is 252 g/mol. The van der Waals surface area contributed by atoms with Crippen molar-refractivity contribution in [1.29, 1.82) is 0 Å². The average Bonchev–Trinajstić information content (AvgIpc) is 2.66. The Hall–Kier alpha value is -1.32. The molecule has 2 fully saturated rings. The normalized spacial score (nSPS) is 42.7. The second-order valence-electron chi connectivity index (χ2n) is 5.81. The quantitative estimate of drug-likeness (QED) is 0.556. The van der Waals surface area contributed by atoms with Gasteiger partial charge >= 0.3 is 11.9 Å². The minimum absolute atomic E-state index is 0.0136. The lowest BCUT2D eigenvalue weighted by Gasteiger charge is -2.32.